The SMILES string of the molecule is COC(=O)N[C@H](C(=O)N1CCC[C@H]1c1ncc(-c2ccc(-c3ccc4cc(-c5cnc(C6CCCC6)[nH]5)ccc4c3)cc2)[nH]1)C(C)C. The van der Waals surface area contributed by atoms with Gasteiger partial charge in [0.15, 0.2) is 0 Å². The summed E-state index contributed by atoms with van der Waals surface area (Å²) in [6, 6.07) is 20.9. The molecule has 2 aliphatic rings. The number of rotatable bonds is 8. The maximum atomic E-state index is 13.5. The smallest absolute Gasteiger partial charge is 0.407 e. The van der Waals surface area contributed by atoms with Crippen LogP contribution in [0.1, 0.15) is 76.0 Å². The van der Waals surface area contributed by atoms with Crippen LogP contribution in [-0.2, 0) is 9.53 Å². The minimum atomic E-state index is -0.659. The number of aromatic amines is 2. The monoisotopic (exact) mass is 630 g/mol. The van der Waals surface area contributed by atoms with Gasteiger partial charge in [0.05, 0.1) is 36.9 Å². The predicted octanol–water partition coefficient (Wildman–Crippen LogP) is 7.99. The molecule has 3 aromatic carbocycles. The lowest BCUT2D eigenvalue weighted by Gasteiger charge is -2.30. The third kappa shape index (κ3) is 6.26. The van der Waals surface area contributed by atoms with E-state index < -0.39 is 12.1 Å². The number of nitrogens with zero attached hydrogens (tertiary/aromatic N) is 3. The molecule has 1 aliphatic carbocycles. The molecule has 0 spiro atoms. The van der Waals surface area contributed by atoms with E-state index in [0.717, 1.165) is 58.1 Å². The Labute approximate surface area is 275 Å². The molecule has 3 heterocycles. The van der Waals surface area contributed by atoms with Crippen LogP contribution in [0.5, 0.6) is 0 Å². The maximum absolute atomic E-state index is 13.5. The van der Waals surface area contributed by atoms with Gasteiger partial charge in [0.25, 0.3) is 0 Å². The molecule has 1 saturated heterocycles. The van der Waals surface area contributed by atoms with E-state index in [0.29, 0.717) is 12.5 Å². The fraction of sp³-hybridized carbons (Fsp3) is 0.368. The predicted molar refractivity (Wildman–Crippen MR) is 184 cm³/mol. The van der Waals surface area contributed by atoms with Crippen molar-refractivity contribution in [2.24, 2.45) is 5.92 Å². The molecule has 3 N–H and O–H groups in total. The highest BCUT2D eigenvalue weighted by Crippen LogP contribution is 2.35. The van der Waals surface area contributed by atoms with Crippen LogP contribution in [-0.4, -0.2) is 56.5 Å². The second-order valence-corrected chi connectivity index (χ2v) is 13.2. The molecule has 2 fully saturated rings. The molecule has 9 nitrogen and oxygen atoms in total. The number of methoxy groups -OCH3 is 1. The minimum Gasteiger partial charge on any atom is -0.453 e. The van der Waals surface area contributed by atoms with Crippen molar-refractivity contribution in [3.05, 3.63) is 84.7 Å². The van der Waals surface area contributed by atoms with E-state index in [1.807, 2.05) is 31.1 Å². The second-order valence-electron chi connectivity index (χ2n) is 13.2. The number of hydrogen-bond donors (Lipinski definition) is 3. The zero-order valence-corrected chi connectivity index (χ0v) is 27.3. The first kappa shape index (κ1) is 30.7. The number of likely N-dealkylation sites (tertiary alicyclic amines) is 1. The molecule has 2 atom stereocenters. The third-order valence-corrected chi connectivity index (χ3v) is 9.86. The van der Waals surface area contributed by atoms with Crippen molar-refractivity contribution in [3.8, 4) is 33.6 Å². The number of benzene rings is 3. The molecular weight excluding hydrogens is 588 g/mol. The zero-order valence-electron chi connectivity index (χ0n) is 27.3. The molecule has 7 rings (SSSR count). The number of aromatic nitrogens is 4. The number of nitrogens with one attached hydrogen (secondary N) is 3. The number of carbonyl (C=O) groups is 2. The first-order chi connectivity index (χ1) is 22.9. The van der Waals surface area contributed by atoms with Gasteiger partial charge >= 0.3 is 6.09 Å². The summed E-state index contributed by atoms with van der Waals surface area (Å²) in [5.74, 6) is 2.27. The van der Waals surface area contributed by atoms with Gasteiger partial charge in [-0.15, -0.1) is 0 Å². The second kappa shape index (κ2) is 13.1. The van der Waals surface area contributed by atoms with E-state index in [4.69, 9.17) is 9.72 Å². The average Bonchev–Trinajstić information content (AvgIpc) is 3.93. The molecule has 2 aromatic heterocycles. The van der Waals surface area contributed by atoms with Gasteiger partial charge in [0, 0.05) is 18.0 Å². The lowest BCUT2D eigenvalue weighted by atomic mass is 9.98. The van der Waals surface area contributed by atoms with Crippen LogP contribution in [0.3, 0.4) is 0 Å². The summed E-state index contributed by atoms with van der Waals surface area (Å²) in [5.41, 5.74) is 6.47. The fourth-order valence-corrected chi connectivity index (χ4v) is 7.17. The summed E-state index contributed by atoms with van der Waals surface area (Å²) in [6.45, 7) is 4.46. The number of amides is 2. The van der Waals surface area contributed by atoms with Crippen molar-refractivity contribution in [2.45, 2.75) is 70.4 Å². The van der Waals surface area contributed by atoms with Gasteiger partial charge in [-0.25, -0.2) is 14.8 Å². The van der Waals surface area contributed by atoms with Crippen LogP contribution >= 0.6 is 0 Å². The van der Waals surface area contributed by atoms with Crippen molar-refractivity contribution in [3.63, 3.8) is 0 Å². The molecular formula is C38H42N6O3. The molecule has 5 aromatic rings. The third-order valence-electron chi connectivity index (χ3n) is 9.86. The number of fused-ring (bicyclic) bond motifs is 1. The summed E-state index contributed by atoms with van der Waals surface area (Å²) in [6.07, 6.45) is 9.96. The molecule has 0 radical (unpaired) electrons. The normalized spacial score (nSPS) is 17.4. The van der Waals surface area contributed by atoms with Crippen molar-refractivity contribution in [1.82, 2.24) is 30.2 Å². The standard InChI is InChI=1S/C38H42N6O3/c1-23(2)34(43-38(46)47-3)37(45)44-18-6-9-33(44)36-40-21-31(42-36)25-12-10-24(11-13-25)27-14-15-29-20-30(17-16-28(29)19-27)32-22-39-35(41-32)26-7-4-5-8-26/h10-17,19-23,26,33-34H,4-9,18H2,1-3H3,(H,39,41)(H,40,42)(H,43,46)/t33-,34-/m0/s1. The van der Waals surface area contributed by atoms with E-state index in [1.54, 1.807) is 0 Å². The van der Waals surface area contributed by atoms with Crippen LogP contribution in [0, 0.1) is 5.92 Å². The van der Waals surface area contributed by atoms with Crippen LogP contribution in [0.25, 0.3) is 44.4 Å². The quantitative estimate of drug-likeness (QED) is 0.161. The van der Waals surface area contributed by atoms with E-state index in [2.05, 4.69) is 80.9 Å². The molecule has 9 heteroatoms. The summed E-state index contributed by atoms with van der Waals surface area (Å²) in [4.78, 5) is 43.7. The van der Waals surface area contributed by atoms with Gasteiger partial charge < -0.3 is 24.9 Å². The lowest BCUT2D eigenvalue weighted by Crippen LogP contribution is -2.51. The molecule has 0 bridgehead atoms. The highest BCUT2D eigenvalue weighted by molar-refractivity contribution is 5.90. The number of alkyl carbamates (subject to hydrolysis) is 1. The van der Waals surface area contributed by atoms with Crippen LogP contribution in [0.15, 0.2) is 73.1 Å². The molecule has 47 heavy (non-hydrogen) atoms. The van der Waals surface area contributed by atoms with Gasteiger partial charge in [-0.1, -0.05) is 75.2 Å². The summed E-state index contributed by atoms with van der Waals surface area (Å²) >= 11 is 0. The van der Waals surface area contributed by atoms with E-state index in [1.165, 1.54) is 43.6 Å². The van der Waals surface area contributed by atoms with Gasteiger partial charge in [-0.2, -0.15) is 0 Å². The Hall–Kier alpha value is -4.92. The zero-order chi connectivity index (χ0) is 32.5. The number of imidazole rings is 2. The van der Waals surface area contributed by atoms with Crippen LogP contribution < -0.4 is 5.32 Å². The average molecular weight is 631 g/mol. The van der Waals surface area contributed by atoms with Crippen molar-refractivity contribution in [1.29, 1.82) is 0 Å². The van der Waals surface area contributed by atoms with E-state index in [-0.39, 0.29) is 17.9 Å². The number of carbonyl (C=O) groups excluding carboxylic acids is 2. The Kier molecular flexibility index (Phi) is 8.54. The first-order valence-electron chi connectivity index (χ1n) is 16.8. The number of H-pyrrole nitrogens is 2. The van der Waals surface area contributed by atoms with Crippen LogP contribution in [0.4, 0.5) is 4.79 Å². The highest BCUT2D eigenvalue weighted by Gasteiger charge is 2.37. The van der Waals surface area contributed by atoms with Gasteiger partial charge in [-0.3, -0.25) is 4.79 Å². The first-order valence-corrected chi connectivity index (χ1v) is 16.8. The van der Waals surface area contributed by atoms with Gasteiger partial charge in [0.1, 0.15) is 17.7 Å². The molecule has 242 valence electrons. The molecule has 0 unspecified atom stereocenters. The van der Waals surface area contributed by atoms with E-state index >= 15 is 0 Å². The largest absolute Gasteiger partial charge is 0.453 e. The van der Waals surface area contributed by atoms with Crippen molar-refractivity contribution in [2.75, 3.05) is 13.7 Å². The number of ether oxygens (including phenoxy) is 1. The lowest BCUT2D eigenvalue weighted by molar-refractivity contribution is -0.135. The fourth-order valence-electron chi connectivity index (χ4n) is 7.17. The van der Waals surface area contributed by atoms with Crippen LogP contribution in [0.2, 0.25) is 0 Å². The minimum absolute atomic E-state index is 0.0786. The topological polar surface area (TPSA) is 116 Å². The summed E-state index contributed by atoms with van der Waals surface area (Å²) < 4.78 is 4.75. The van der Waals surface area contributed by atoms with E-state index in [9.17, 15) is 9.59 Å². The Morgan fingerprint density at radius 2 is 1.38 bits per heavy atom. The Morgan fingerprint density at radius 1 is 0.787 bits per heavy atom. The number of hydrogen-bond acceptors (Lipinski definition) is 5. The summed E-state index contributed by atoms with van der Waals surface area (Å²) in [5, 5.41) is 5.10. The van der Waals surface area contributed by atoms with Crippen molar-refractivity contribution >= 4 is 22.8 Å². The molecule has 1 saturated carbocycles. The Bertz CT molecular complexity index is 1880. The van der Waals surface area contributed by atoms with Gasteiger partial charge in [0.2, 0.25) is 5.91 Å². The van der Waals surface area contributed by atoms with Gasteiger partial charge in [-0.05, 0) is 71.2 Å². The highest BCUT2D eigenvalue weighted by atomic mass is 16.5. The molecule has 2 amide bonds. The Morgan fingerprint density at radius 3 is 2.09 bits per heavy atom. The molecule has 1 aliphatic heterocycles. The Balaban J connectivity index is 1.05. The summed E-state index contributed by atoms with van der Waals surface area (Å²) in [7, 11) is 1.30. The van der Waals surface area contributed by atoms with Crippen molar-refractivity contribution < 1.29 is 14.3 Å². The maximum Gasteiger partial charge on any atom is 0.407 e.